The Hall–Kier alpha value is -2.37. The minimum absolute atomic E-state index is 0.0715. The van der Waals surface area contributed by atoms with Crippen LogP contribution in [0.5, 0.6) is 0 Å². The minimum Gasteiger partial charge on any atom is -0.454 e. The van der Waals surface area contributed by atoms with E-state index in [2.05, 4.69) is 18.8 Å². The fourth-order valence-corrected chi connectivity index (χ4v) is 3.88. The molecule has 3 rings (SSSR count). The number of esters is 1. The van der Waals surface area contributed by atoms with Crippen LogP contribution in [0.1, 0.15) is 45.9 Å². The summed E-state index contributed by atoms with van der Waals surface area (Å²) in [6.07, 6.45) is 3.87. The maximum Gasteiger partial charge on any atom is 0.326 e. The molecule has 2 atom stereocenters. The molecule has 0 spiro atoms. The molecule has 1 aromatic heterocycles. The molecule has 2 heterocycles. The van der Waals surface area contributed by atoms with E-state index in [1.165, 1.54) is 0 Å². The Morgan fingerprint density at radius 1 is 1.19 bits per heavy atom. The monoisotopic (exact) mass is 357 g/mol. The first kappa shape index (κ1) is 18.4. The van der Waals surface area contributed by atoms with Gasteiger partial charge in [0.1, 0.15) is 12.4 Å². The summed E-state index contributed by atoms with van der Waals surface area (Å²) in [4.78, 5) is 31.2. The molecule has 0 bridgehead atoms. The molecule has 0 N–H and O–H groups in total. The Morgan fingerprint density at radius 3 is 2.58 bits per heavy atom. The fraction of sp³-hybridized carbons (Fsp3) is 0.550. The summed E-state index contributed by atoms with van der Waals surface area (Å²) < 4.78 is 7.17. The largest absolute Gasteiger partial charge is 0.454 e. The third-order valence-electron chi connectivity index (χ3n) is 5.18. The Morgan fingerprint density at radius 2 is 1.88 bits per heavy atom. The van der Waals surface area contributed by atoms with Crippen molar-refractivity contribution in [1.82, 2.24) is 14.5 Å². The minimum atomic E-state index is -0.409. The molecule has 0 aliphatic carbocycles. The topological polar surface area (TPSA) is 64.4 Å². The van der Waals surface area contributed by atoms with Gasteiger partial charge in [-0.15, -0.1) is 0 Å². The van der Waals surface area contributed by atoms with Crippen LogP contribution >= 0.6 is 0 Å². The summed E-state index contributed by atoms with van der Waals surface area (Å²) in [5.74, 6) is 0.325. The van der Waals surface area contributed by atoms with Crippen molar-refractivity contribution in [2.45, 2.75) is 65.1 Å². The lowest BCUT2D eigenvalue weighted by atomic mass is 9.97. The summed E-state index contributed by atoms with van der Waals surface area (Å²) in [5, 5.41) is 0. The van der Waals surface area contributed by atoms with Crippen LogP contribution in [0.15, 0.2) is 24.3 Å². The van der Waals surface area contributed by atoms with Gasteiger partial charge in [-0.3, -0.25) is 9.59 Å². The van der Waals surface area contributed by atoms with Crippen LogP contribution in [-0.2, 0) is 27.3 Å². The van der Waals surface area contributed by atoms with E-state index in [1.807, 2.05) is 40.7 Å². The Balaban J connectivity index is 1.64. The molecule has 6 nitrogen and oxygen atoms in total. The molecule has 2 unspecified atom stereocenters. The number of carbonyl (C=O) groups is 2. The van der Waals surface area contributed by atoms with Gasteiger partial charge >= 0.3 is 5.97 Å². The summed E-state index contributed by atoms with van der Waals surface area (Å²) in [5.41, 5.74) is 1.77. The van der Waals surface area contributed by atoms with Crippen molar-refractivity contribution >= 4 is 22.9 Å². The number of likely N-dealkylation sites (tertiary alicyclic amines) is 1. The average molecular weight is 357 g/mol. The highest BCUT2D eigenvalue weighted by atomic mass is 16.5. The second kappa shape index (κ2) is 7.89. The van der Waals surface area contributed by atoms with Gasteiger partial charge in [0.2, 0.25) is 0 Å². The first-order chi connectivity index (χ1) is 12.5. The van der Waals surface area contributed by atoms with Gasteiger partial charge in [-0.05, 0) is 45.2 Å². The number of carbonyl (C=O) groups excluding carboxylic acids is 2. The number of aryl methyl sites for hydroxylation is 1. The quantitative estimate of drug-likeness (QED) is 0.772. The number of fused-ring (bicyclic) bond motifs is 1. The highest BCUT2D eigenvalue weighted by Gasteiger charge is 2.29. The number of aromatic nitrogens is 2. The molecule has 1 aliphatic rings. The lowest BCUT2D eigenvalue weighted by molar-refractivity contribution is -0.155. The molecule has 1 fully saturated rings. The Kier molecular flexibility index (Phi) is 5.59. The van der Waals surface area contributed by atoms with E-state index in [1.54, 1.807) is 0 Å². The van der Waals surface area contributed by atoms with Crippen LogP contribution in [0.4, 0.5) is 0 Å². The molecule has 1 amide bonds. The summed E-state index contributed by atoms with van der Waals surface area (Å²) in [6.45, 7) is 6.00. The molecule has 1 saturated heterocycles. The number of para-hydroxylation sites is 2. The van der Waals surface area contributed by atoms with Crippen molar-refractivity contribution in [2.24, 2.45) is 0 Å². The Bertz CT molecular complexity index is 789. The zero-order valence-corrected chi connectivity index (χ0v) is 15.8. The molecule has 6 heteroatoms. The number of rotatable bonds is 5. The molecule has 140 valence electrons. The van der Waals surface area contributed by atoms with Gasteiger partial charge in [0.15, 0.2) is 6.61 Å². The molecule has 2 aromatic rings. The number of nitrogens with zero attached hydrogens (tertiary/aromatic N) is 3. The number of hydrogen-bond donors (Lipinski definition) is 0. The van der Waals surface area contributed by atoms with E-state index in [0.29, 0.717) is 0 Å². The first-order valence-corrected chi connectivity index (χ1v) is 9.42. The maximum absolute atomic E-state index is 12.5. The zero-order valence-electron chi connectivity index (χ0n) is 15.8. The van der Waals surface area contributed by atoms with Crippen LogP contribution in [0, 0.1) is 0 Å². The third-order valence-corrected chi connectivity index (χ3v) is 5.18. The van der Waals surface area contributed by atoms with Crippen molar-refractivity contribution in [2.75, 3.05) is 6.61 Å². The van der Waals surface area contributed by atoms with Gasteiger partial charge in [-0.25, -0.2) is 4.98 Å². The average Bonchev–Trinajstić information content (AvgIpc) is 2.97. The predicted octanol–water partition coefficient (Wildman–Crippen LogP) is 2.93. The van der Waals surface area contributed by atoms with E-state index in [4.69, 9.17) is 4.74 Å². The number of piperidine rings is 1. The van der Waals surface area contributed by atoms with Gasteiger partial charge in [0.05, 0.1) is 11.0 Å². The van der Waals surface area contributed by atoms with Crippen LogP contribution in [0.25, 0.3) is 11.0 Å². The number of imidazole rings is 1. The molecule has 0 saturated carbocycles. The standard InChI is InChI=1S/C20H27N3O3/c1-4-18-21-16-10-5-6-11-17(16)22(18)12-20(25)26-13-19(24)23-14(2)8-7-9-15(23)3/h5-6,10-11,14-15H,4,7-9,12-13H2,1-3H3. The molecule has 1 aromatic carbocycles. The van der Waals surface area contributed by atoms with Crippen LogP contribution in [-0.4, -0.2) is 45.0 Å². The highest BCUT2D eigenvalue weighted by molar-refractivity contribution is 5.82. The molecule has 1 aliphatic heterocycles. The predicted molar refractivity (Wildman–Crippen MR) is 99.7 cm³/mol. The Labute approximate surface area is 154 Å². The zero-order chi connectivity index (χ0) is 18.7. The molecular formula is C20H27N3O3. The van der Waals surface area contributed by atoms with Crippen molar-refractivity contribution in [3.8, 4) is 0 Å². The number of amides is 1. The highest BCUT2D eigenvalue weighted by Crippen LogP contribution is 2.22. The van der Waals surface area contributed by atoms with Crippen molar-refractivity contribution in [3.63, 3.8) is 0 Å². The third kappa shape index (κ3) is 3.74. The van der Waals surface area contributed by atoms with E-state index in [0.717, 1.165) is 42.5 Å². The number of ether oxygens (including phenoxy) is 1. The number of benzene rings is 1. The second-order valence-corrected chi connectivity index (χ2v) is 7.05. The van der Waals surface area contributed by atoms with Gasteiger partial charge in [0.25, 0.3) is 5.91 Å². The normalized spacial score (nSPS) is 20.3. The van der Waals surface area contributed by atoms with Crippen molar-refractivity contribution in [3.05, 3.63) is 30.1 Å². The van der Waals surface area contributed by atoms with Gasteiger partial charge in [0, 0.05) is 18.5 Å². The first-order valence-electron chi connectivity index (χ1n) is 9.42. The van der Waals surface area contributed by atoms with Gasteiger partial charge in [-0.2, -0.15) is 0 Å². The van der Waals surface area contributed by atoms with Crippen LogP contribution < -0.4 is 0 Å². The van der Waals surface area contributed by atoms with Crippen LogP contribution in [0.3, 0.4) is 0 Å². The second-order valence-electron chi connectivity index (χ2n) is 7.05. The lowest BCUT2D eigenvalue weighted by Crippen LogP contribution is -2.49. The smallest absolute Gasteiger partial charge is 0.326 e. The van der Waals surface area contributed by atoms with Crippen molar-refractivity contribution in [1.29, 1.82) is 0 Å². The van der Waals surface area contributed by atoms with E-state index < -0.39 is 5.97 Å². The van der Waals surface area contributed by atoms with Gasteiger partial charge in [-0.1, -0.05) is 19.1 Å². The van der Waals surface area contributed by atoms with E-state index in [-0.39, 0.29) is 31.1 Å². The van der Waals surface area contributed by atoms with Crippen LogP contribution in [0.2, 0.25) is 0 Å². The lowest BCUT2D eigenvalue weighted by Gasteiger charge is -2.38. The molecular weight excluding hydrogens is 330 g/mol. The van der Waals surface area contributed by atoms with Gasteiger partial charge < -0.3 is 14.2 Å². The summed E-state index contributed by atoms with van der Waals surface area (Å²) >= 11 is 0. The molecule has 0 radical (unpaired) electrons. The SMILES string of the molecule is CCc1nc2ccccc2n1CC(=O)OCC(=O)N1C(C)CCCC1C. The number of hydrogen-bond acceptors (Lipinski definition) is 4. The summed E-state index contributed by atoms with van der Waals surface area (Å²) in [7, 11) is 0. The fourth-order valence-electron chi connectivity index (χ4n) is 3.88. The maximum atomic E-state index is 12.5. The summed E-state index contributed by atoms with van der Waals surface area (Å²) in [6, 6.07) is 8.13. The van der Waals surface area contributed by atoms with E-state index in [9.17, 15) is 9.59 Å². The van der Waals surface area contributed by atoms with Crippen molar-refractivity contribution < 1.29 is 14.3 Å². The molecule has 26 heavy (non-hydrogen) atoms. The van der Waals surface area contributed by atoms with E-state index >= 15 is 0 Å².